The van der Waals surface area contributed by atoms with Gasteiger partial charge < -0.3 is 9.84 Å². The van der Waals surface area contributed by atoms with Crippen LogP contribution in [0.3, 0.4) is 0 Å². The highest BCUT2D eigenvalue weighted by atomic mass is 19.1. The van der Waals surface area contributed by atoms with Gasteiger partial charge in [-0.1, -0.05) is 0 Å². The van der Waals surface area contributed by atoms with Crippen LogP contribution in [0.1, 0.15) is 10.6 Å². The SMILES string of the molecule is COc1ccc(-n2nc(C(=O)O)nc2-c2ccc(F)cc2)cn1. The van der Waals surface area contributed by atoms with Crippen molar-refractivity contribution >= 4 is 5.97 Å². The molecule has 0 aliphatic heterocycles. The molecular formula is C15H11FN4O3. The second-order valence-corrected chi connectivity index (χ2v) is 4.54. The molecule has 3 aromatic rings. The number of methoxy groups -OCH3 is 1. The molecule has 0 bridgehead atoms. The van der Waals surface area contributed by atoms with Crippen LogP contribution in [-0.4, -0.2) is 37.9 Å². The molecule has 1 aromatic carbocycles. The first-order chi connectivity index (χ1) is 11.1. The van der Waals surface area contributed by atoms with Crippen LogP contribution < -0.4 is 4.74 Å². The molecule has 0 spiro atoms. The number of nitrogens with zero attached hydrogens (tertiary/aromatic N) is 4. The zero-order valence-electron chi connectivity index (χ0n) is 12.0. The minimum absolute atomic E-state index is 0.273. The number of hydrogen-bond acceptors (Lipinski definition) is 5. The number of carboxylic acid groups (broad SMARTS) is 1. The molecule has 0 unspecified atom stereocenters. The predicted octanol–water partition coefficient (Wildman–Crippen LogP) is 2.18. The predicted molar refractivity (Wildman–Crippen MR) is 78.1 cm³/mol. The summed E-state index contributed by atoms with van der Waals surface area (Å²) in [5, 5.41) is 13.1. The summed E-state index contributed by atoms with van der Waals surface area (Å²) in [6.07, 6.45) is 1.48. The first-order valence-electron chi connectivity index (χ1n) is 6.55. The lowest BCUT2D eigenvalue weighted by Crippen LogP contribution is -2.03. The average molecular weight is 314 g/mol. The fourth-order valence-corrected chi connectivity index (χ4v) is 1.99. The Labute approximate surface area is 130 Å². The number of aromatic nitrogens is 4. The minimum Gasteiger partial charge on any atom is -0.481 e. The molecule has 0 amide bonds. The van der Waals surface area contributed by atoms with E-state index in [0.717, 1.165) is 0 Å². The van der Waals surface area contributed by atoms with E-state index < -0.39 is 11.8 Å². The Hall–Kier alpha value is -3.29. The van der Waals surface area contributed by atoms with Gasteiger partial charge in [0, 0.05) is 11.6 Å². The Morgan fingerprint density at radius 3 is 2.52 bits per heavy atom. The maximum absolute atomic E-state index is 13.1. The minimum atomic E-state index is -1.26. The van der Waals surface area contributed by atoms with E-state index in [1.807, 2.05) is 0 Å². The van der Waals surface area contributed by atoms with E-state index in [4.69, 9.17) is 9.84 Å². The van der Waals surface area contributed by atoms with Crippen molar-refractivity contribution in [3.8, 4) is 23.0 Å². The van der Waals surface area contributed by atoms with Crippen LogP contribution in [0.4, 0.5) is 4.39 Å². The lowest BCUT2D eigenvalue weighted by Gasteiger charge is -2.06. The van der Waals surface area contributed by atoms with Crippen LogP contribution in [-0.2, 0) is 0 Å². The summed E-state index contributed by atoms with van der Waals surface area (Å²) in [7, 11) is 1.49. The zero-order valence-corrected chi connectivity index (χ0v) is 12.0. The molecule has 2 heterocycles. The molecule has 8 heteroatoms. The number of halogens is 1. The summed E-state index contributed by atoms with van der Waals surface area (Å²) in [6.45, 7) is 0. The Balaban J connectivity index is 2.13. The number of carbonyl (C=O) groups is 1. The highest BCUT2D eigenvalue weighted by Gasteiger charge is 2.18. The lowest BCUT2D eigenvalue weighted by molar-refractivity contribution is 0.0683. The van der Waals surface area contributed by atoms with E-state index in [-0.39, 0.29) is 11.6 Å². The first-order valence-corrected chi connectivity index (χ1v) is 6.55. The lowest BCUT2D eigenvalue weighted by atomic mass is 10.2. The second kappa shape index (κ2) is 5.84. The van der Waals surface area contributed by atoms with Gasteiger partial charge in [0.1, 0.15) is 5.82 Å². The summed E-state index contributed by atoms with van der Waals surface area (Å²) in [5.74, 6) is -1.33. The number of rotatable bonds is 4. The highest BCUT2D eigenvalue weighted by molar-refractivity contribution is 5.84. The van der Waals surface area contributed by atoms with E-state index >= 15 is 0 Å². The number of hydrogen-bond donors (Lipinski definition) is 1. The molecule has 3 rings (SSSR count). The monoisotopic (exact) mass is 314 g/mol. The van der Waals surface area contributed by atoms with Gasteiger partial charge in [-0.3, -0.25) is 0 Å². The van der Waals surface area contributed by atoms with Crippen LogP contribution in [0.25, 0.3) is 17.1 Å². The fourth-order valence-electron chi connectivity index (χ4n) is 1.99. The number of aromatic carboxylic acids is 1. The second-order valence-electron chi connectivity index (χ2n) is 4.54. The number of benzene rings is 1. The quantitative estimate of drug-likeness (QED) is 0.794. The largest absolute Gasteiger partial charge is 0.481 e. The fraction of sp³-hybridized carbons (Fsp3) is 0.0667. The summed E-state index contributed by atoms with van der Waals surface area (Å²) < 4.78 is 19.4. The molecule has 0 aliphatic rings. The molecule has 0 fully saturated rings. The van der Waals surface area contributed by atoms with Gasteiger partial charge >= 0.3 is 5.97 Å². The first kappa shape index (κ1) is 14.6. The van der Waals surface area contributed by atoms with E-state index in [9.17, 15) is 9.18 Å². The van der Waals surface area contributed by atoms with Crippen molar-refractivity contribution < 1.29 is 19.0 Å². The van der Waals surface area contributed by atoms with Crippen LogP contribution in [0.15, 0.2) is 42.6 Å². The average Bonchev–Trinajstić information content (AvgIpc) is 3.01. The third-order valence-electron chi connectivity index (χ3n) is 3.08. The van der Waals surface area contributed by atoms with Gasteiger partial charge in [-0.2, -0.15) is 0 Å². The van der Waals surface area contributed by atoms with Crippen molar-refractivity contribution in [2.24, 2.45) is 0 Å². The molecule has 0 radical (unpaired) electrons. The van der Waals surface area contributed by atoms with Crippen molar-refractivity contribution in [1.29, 1.82) is 0 Å². The molecule has 0 saturated heterocycles. The van der Waals surface area contributed by atoms with Gasteiger partial charge in [-0.15, -0.1) is 5.10 Å². The van der Waals surface area contributed by atoms with Crippen molar-refractivity contribution in [1.82, 2.24) is 19.7 Å². The van der Waals surface area contributed by atoms with Gasteiger partial charge in [-0.25, -0.2) is 23.8 Å². The van der Waals surface area contributed by atoms with Crippen LogP contribution in [0, 0.1) is 5.82 Å². The van der Waals surface area contributed by atoms with Crippen molar-refractivity contribution in [2.75, 3.05) is 7.11 Å². The van der Waals surface area contributed by atoms with Gasteiger partial charge in [0.15, 0.2) is 5.82 Å². The van der Waals surface area contributed by atoms with Crippen molar-refractivity contribution in [3.05, 3.63) is 54.2 Å². The van der Waals surface area contributed by atoms with Gasteiger partial charge in [0.05, 0.1) is 19.0 Å². The third-order valence-corrected chi connectivity index (χ3v) is 3.08. The van der Waals surface area contributed by atoms with Crippen molar-refractivity contribution in [3.63, 3.8) is 0 Å². The molecule has 7 nitrogen and oxygen atoms in total. The Bertz CT molecular complexity index is 844. The molecular weight excluding hydrogens is 303 g/mol. The van der Waals surface area contributed by atoms with E-state index in [1.54, 1.807) is 12.1 Å². The number of pyridine rings is 1. The Kier molecular flexibility index (Phi) is 3.71. The standard InChI is InChI=1S/C15H11FN4O3/c1-23-12-7-6-11(8-17-12)20-14(18-13(19-20)15(21)22)9-2-4-10(16)5-3-9/h2-8H,1H3,(H,21,22). The van der Waals surface area contributed by atoms with Crippen LogP contribution in [0.5, 0.6) is 5.88 Å². The topological polar surface area (TPSA) is 90.1 Å². The Morgan fingerprint density at radius 2 is 1.96 bits per heavy atom. The van der Waals surface area contributed by atoms with E-state index in [2.05, 4.69) is 15.1 Å². The molecule has 2 aromatic heterocycles. The normalized spacial score (nSPS) is 10.5. The molecule has 23 heavy (non-hydrogen) atoms. The summed E-state index contributed by atoms with van der Waals surface area (Å²) in [4.78, 5) is 19.2. The molecule has 116 valence electrons. The van der Waals surface area contributed by atoms with E-state index in [0.29, 0.717) is 17.1 Å². The maximum atomic E-state index is 13.1. The number of carboxylic acids is 1. The van der Waals surface area contributed by atoms with Crippen molar-refractivity contribution in [2.45, 2.75) is 0 Å². The van der Waals surface area contributed by atoms with Gasteiger partial charge in [0.2, 0.25) is 5.88 Å². The molecule has 0 saturated carbocycles. The van der Waals surface area contributed by atoms with Crippen LogP contribution in [0.2, 0.25) is 0 Å². The number of ether oxygens (including phenoxy) is 1. The molecule has 0 atom stereocenters. The summed E-state index contributed by atoms with van der Waals surface area (Å²) in [6, 6.07) is 8.81. The highest BCUT2D eigenvalue weighted by Crippen LogP contribution is 2.22. The zero-order chi connectivity index (χ0) is 16.4. The van der Waals surface area contributed by atoms with Gasteiger partial charge in [-0.05, 0) is 30.3 Å². The van der Waals surface area contributed by atoms with Crippen LogP contribution >= 0.6 is 0 Å². The third kappa shape index (κ3) is 2.86. The Morgan fingerprint density at radius 1 is 1.22 bits per heavy atom. The summed E-state index contributed by atoms with van der Waals surface area (Å²) >= 11 is 0. The molecule has 0 aliphatic carbocycles. The maximum Gasteiger partial charge on any atom is 0.375 e. The summed E-state index contributed by atoms with van der Waals surface area (Å²) in [5.41, 5.74) is 1.03. The van der Waals surface area contributed by atoms with E-state index in [1.165, 1.54) is 42.3 Å². The van der Waals surface area contributed by atoms with Gasteiger partial charge in [0.25, 0.3) is 5.82 Å². The smallest absolute Gasteiger partial charge is 0.375 e. The molecule has 1 N–H and O–H groups in total.